The van der Waals surface area contributed by atoms with Crippen molar-refractivity contribution in [1.29, 1.82) is 0 Å². The molecule has 0 aromatic carbocycles. The molecule has 3 heterocycles. The van der Waals surface area contributed by atoms with Gasteiger partial charge < -0.3 is 15.0 Å². The Morgan fingerprint density at radius 1 is 1.08 bits per heavy atom. The van der Waals surface area contributed by atoms with Gasteiger partial charge in [-0.3, -0.25) is 4.68 Å². The van der Waals surface area contributed by atoms with Gasteiger partial charge >= 0.3 is 0 Å². The SMILES string of the molecule is C[C@@H]1CN(c2nc(NC3CCCCC3)c3cnn(C)c3n2)C[C@@H](C)O1. The number of rotatable bonds is 3. The molecule has 7 heteroatoms. The molecule has 0 unspecified atom stereocenters. The van der Waals surface area contributed by atoms with Crippen molar-refractivity contribution in [3.05, 3.63) is 6.20 Å². The van der Waals surface area contributed by atoms with Crippen LogP contribution in [0.15, 0.2) is 6.20 Å². The Morgan fingerprint density at radius 2 is 1.80 bits per heavy atom. The van der Waals surface area contributed by atoms with Crippen molar-refractivity contribution in [1.82, 2.24) is 19.7 Å². The first kappa shape index (κ1) is 16.6. The summed E-state index contributed by atoms with van der Waals surface area (Å²) >= 11 is 0. The Morgan fingerprint density at radius 3 is 2.52 bits per heavy atom. The van der Waals surface area contributed by atoms with Gasteiger partial charge in [-0.05, 0) is 26.7 Å². The highest BCUT2D eigenvalue weighted by Crippen LogP contribution is 2.28. The van der Waals surface area contributed by atoms with Gasteiger partial charge in [0.2, 0.25) is 5.95 Å². The van der Waals surface area contributed by atoms with Crippen LogP contribution >= 0.6 is 0 Å². The third-order valence-electron chi connectivity index (χ3n) is 5.23. The zero-order valence-corrected chi connectivity index (χ0v) is 15.4. The zero-order valence-electron chi connectivity index (χ0n) is 15.4. The molecule has 2 aromatic heterocycles. The molecule has 4 rings (SSSR count). The zero-order chi connectivity index (χ0) is 17.4. The largest absolute Gasteiger partial charge is 0.372 e. The minimum absolute atomic E-state index is 0.185. The predicted octanol–water partition coefficient (Wildman–Crippen LogP) is 2.72. The summed E-state index contributed by atoms with van der Waals surface area (Å²) in [5.74, 6) is 1.70. The maximum absolute atomic E-state index is 5.86. The van der Waals surface area contributed by atoms with Crippen molar-refractivity contribution in [2.45, 2.75) is 64.2 Å². The Hall–Kier alpha value is -1.89. The van der Waals surface area contributed by atoms with E-state index in [1.807, 2.05) is 17.9 Å². The summed E-state index contributed by atoms with van der Waals surface area (Å²) < 4.78 is 7.69. The monoisotopic (exact) mass is 344 g/mol. The number of nitrogens with one attached hydrogen (secondary N) is 1. The van der Waals surface area contributed by atoms with E-state index < -0.39 is 0 Å². The van der Waals surface area contributed by atoms with Crippen molar-refractivity contribution in [3.63, 3.8) is 0 Å². The highest BCUT2D eigenvalue weighted by Gasteiger charge is 2.26. The van der Waals surface area contributed by atoms with Crippen molar-refractivity contribution >= 4 is 22.8 Å². The van der Waals surface area contributed by atoms with E-state index in [0.717, 1.165) is 35.9 Å². The van der Waals surface area contributed by atoms with Crippen LogP contribution < -0.4 is 10.2 Å². The molecule has 1 aliphatic carbocycles. The first-order valence-corrected chi connectivity index (χ1v) is 9.47. The van der Waals surface area contributed by atoms with Gasteiger partial charge in [0.15, 0.2) is 5.65 Å². The molecule has 1 aliphatic heterocycles. The Labute approximate surface area is 148 Å². The van der Waals surface area contributed by atoms with E-state index in [0.29, 0.717) is 6.04 Å². The molecule has 7 nitrogen and oxygen atoms in total. The number of aryl methyl sites for hydroxylation is 1. The Balaban J connectivity index is 1.68. The van der Waals surface area contributed by atoms with Crippen molar-refractivity contribution < 1.29 is 4.74 Å². The summed E-state index contributed by atoms with van der Waals surface area (Å²) in [5.41, 5.74) is 0.884. The smallest absolute Gasteiger partial charge is 0.229 e. The standard InChI is InChI=1S/C18H28N6O/c1-12-10-24(11-13(2)25-12)18-21-16(20-14-7-5-4-6-8-14)15-9-19-23(3)17(15)22-18/h9,12-14H,4-8,10-11H2,1-3H3,(H,20,21,22)/t12-,13-/m1/s1. The van der Waals surface area contributed by atoms with Crippen LogP contribution in [0.2, 0.25) is 0 Å². The molecule has 0 spiro atoms. The Bertz CT molecular complexity index is 728. The third kappa shape index (κ3) is 3.42. The summed E-state index contributed by atoms with van der Waals surface area (Å²) in [7, 11) is 1.94. The van der Waals surface area contributed by atoms with E-state index in [-0.39, 0.29) is 12.2 Å². The van der Waals surface area contributed by atoms with Crippen LogP contribution in [0.25, 0.3) is 11.0 Å². The molecule has 2 fully saturated rings. The van der Waals surface area contributed by atoms with Crippen molar-refractivity contribution in [2.75, 3.05) is 23.3 Å². The number of fused-ring (bicyclic) bond motifs is 1. The average Bonchev–Trinajstić information content (AvgIpc) is 2.96. The minimum Gasteiger partial charge on any atom is -0.372 e. The van der Waals surface area contributed by atoms with Gasteiger partial charge in [-0.1, -0.05) is 19.3 Å². The van der Waals surface area contributed by atoms with Gasteiger partial charge in [-0.15, -0.1) is 0 Å². The molecule has 1 N–H and O–H groups in total. The van der Waals surface area contributed by atoms with E-state index in [4.69, 9.17) is 14.7 Å². The van der Waals surface area contributed by atoms with E-state index in [1.165, 1.54) is 32.1 Å². The summed E-state index contributed by atoms with van der Waals surface area (Å²) in [5, 5.41) is 9.08. The second-order valence-electron chi connectivity index (χ2n) is 7.52. The molecule has 1 saturated heterocycles. The highest BCUT2D eigenvalue weighted by atomic mass is 16.5. The fraction of sp³-hybridized carbons (Fsp3) is 0.722. The van der Waals surface area contributed by atoms with Crippen molar-refractivity contribution in [2.24, 2.45) is 7.05 Å². The fourth-order valence-corrected chi connectivity index (χ4v) is 4.04. The van der Waals surface area contributed by atoms with Gasteiger partial charge in [0.25, 0.3) is 0 Å². The molecule has 2 aliphatic rings. The highest BCUT2D eigenvalue weighted by molar-refractivity contribution is 5.87. The molecule has 25 heavy (non-hydrogen) atoms. The van der Waals surface area contributed by atoms with Gasteiger partial charge in [-0.2, -0.15) is 15.1 Å². The normalized spacial score (nSPS) is 25.5. The summed E-state index contributed by atoms with van der Waals surface area (Å²) in [6, 6.07) is 0.502. The van der Waals surface area contributed by atoms with Crippen LogP contribution in [0.4, 0.5) is 11.8 Å². The summed E-state index contributed by atoms with van der Waals surface area (Å²) in [6.45, 7) is 5.84. The van der Waals surface area contributed by atoms with Crippen LogP contribution in [0, 0.1) is 0 Å². The van der Waals surface area contributed by atoms with E-state index in [2.05, 4.69) is 29.2 Å². The van der Waals surface area contributed by atoms with Gasteiger partial charge in [0.05, 0.1) is 23.8 Å². The second kappa shape index (κ2) is 6.78. The number of aromatic nitrogens is 4. The molecular weight excluding hydrogens is 316 g/mol. The molecule has 136 valence electrons. The third-order valence-corrected chi connectivity index (χ3v) is 5.23. The minimum atomic E-state index is 0.185. The first-order chi connectivity index (χ1) is 12.1. The maximum Gasteiger partial charge on any atom is 0.229 e. The van der Waals surface area contributed by atoms with E-state index >= 15 is 0 Å². The van der Waals surface area contributed by atoms with Crippen LogP contribution in [0.1, 0.15) is 46.0 Å². The topological polar surface area (TPSA) is 68.1 Å². The average molecular weight is 344 g/mol. The molecule has 2 atom stereocenters. The molecule has 1 saturated carbocycles. The lowest BCUT2D eigenvalue weighted by molar-refractivity contribution is -0.00569. The van der Waals surface area contributed by atoms with Crippen LogP contribution in [0.3, 0.4) is 0 Å². The summed E-state index contributed by atoms with van der Waals surface area (Å²) in [6.07, 6.45) is 8.61. The number of nitrogens with zero attached hydrogens (tertiary/aromatic N) is 5. The number of ether oxygens (including phenoxy) is 1. The van der Waals surface area contributed by atoms with E-state index in [1.54, 1.807) is 0 Å². The fourth-order valence-electron chi connectivity index (χ4n) is 4.04. The predicted molar refractivity (Wildman–Crippen MR) is 99.0 cm³/mol. The number of morpholine rings is 1. The summed E-state index contributed by atoms with van der Waals surface area (Å²) in [4.78, 5) is 11.9. The molecular formula is C18H28N6O. The lowest BCUT2D eigenvalue weighted by Crippen LogP contribution is -2.46. The van der Waals surface area contributed by atoms with Crippen molar-refractivity contribution in [3.8, 4) is 0 Å². The van der Waals surface area contributed by atoms with Gasteiger partial charge in [0, 0.05) is 26.2 Å². The second-order valence-corrected chi connectivity index (χ2v) is 7.52. The van der Waals surface area contributed by atoms with E-state index in [9.17, 15) is 0 Å². The quantitative estimate of drug-likeness (QED) is 0.923. The molecule has 0 amide bonds. The maximum atomic E-state index is 5.86. The van der Waals surface area contributed by atoms with Gasteiger partial charge in [0.1, 0.15) is 5.82 Å². The lowest BCUT2D eigenvalue weighted by Gasteiger charge is -2.35. The van der Waals surface area contributed by atoms with Gasteiger partial charge in [-0.25, -0.2) is 0 Å². The first-order valence-electron chi connectivity index (χ1n) is 9.47. The molecule has 0 bridgehead atoms. The molecule has 0 radical (unpaired) electrons. The number of hydrogen-bond donors (Lipinski definition) is 1. The Kier molecular flexibility index (Phi) is 4.50. The van der Waals surface area contributed by atoms with Crippen LogP contribution in [0.5, 0.6) is 0 Å². The number of anilines is 2. The van der Waals surface area contributed by atoms with Crippen LogP contribution in [-0.2, 0) is 11.8 Å². The lowest BCUT2D eigenvalue weighted by atomic mass is 9.95. The molecule has 2 aromatic rings. The number of hydrogen-bond acceptors (Lipinski definition) is 6. The van der Waals surface area contributed by atoms with Crippen LogP contribution in [-0.4, -0.2) is 51.1 Å².